The zero-order chi connectivity index (χ0) is 23.8. The molecule has 33 heavy (non-hydrogen) atoms. The summed E-state index contributed by atoms with van der Waals surface area (Å²) in [5.41, 5.74) is 2.05. The first-order chi connectivity index (χ1) is 16.0. The summed E-state index contributed by atoms with van der Waals surface area (Å²) < 4.78 is 21.3. The summed E-state index contributed by atoms with van der Waals surface area (Å²) in [5.74, 6) is 1.78. The number of carbonyl (C=O) groups excluding carboxylic acids is 2. The molecule has 0 spiro atoms. The highest BCUT2D eigenvalue weighted by Gasteiger charge is 2.24. The predicted molar refractivity (Wildman–Crippen MR) is 124 cm³/mol. The Morgan fingerprint density at radius 3 is 2.30 bits per heavy atom. The fourth-order valence-electron chi connectivity index (χ4n) is 3.84. The average molecular weight is 458 g/mol. The molecule has 1 aliphatic rings. The van der Waals surface area contributed by atoms with Gasteiger partial charge in [-0.1, -0.05) is 12.1 Å². The predicted octanol–water partition coefficient (Wildman–Crippen LogP) is 3.24. The Morgan fingerprint density at radius 1 is 0.939 bits per heavy atom. The van der Waals surface area contributed by atoms with Crippen LogP contribution in [0.2, 0.25) is 0 Å². The topological polar surface area (TPSA) is 89.6 Å². The van der Waals surface area contributed by atoms with Crippen LogP contribution in [0.15, 0.2) is 36.4 Å². The normalized spacial score (nSPS) is 13.9. The molecule has 1 N–H and O–H groups in total. The molecule has 0 aliphatic carbocycles. The minimum Gasteiger partial charge on any atom is -0.493 e. The van der Waals surface area contributed by atoms with Crippen molar-refractivity contribution in [3.05, 3.63) is 47.5 Å². The number of carbonyl (C=O) groups is 2. The van der Waals surface area contributed by atoms with Gasteiger partial charge in [0.05, 0.1) is 27.9 Å². The van der Waals surface area contributed by atoms with Gasteiger partial charge < -0.3 is 23.8 Å². The van der Waals surface area contributed by atoms with Crippen LogP contribution in [-0.2, 0) is 11.3 Å². The van der Waals surface area contributed by atoms with E-state index in [1.807, 2.05) is 17.0 Å². The van der Waals surface area contributed by atoms with Crippen molar-refractivity contribution in [2.45, 2.75) is 13.5 Å². The molecule has 2 aromatic carbocycles. The van der Waals surface area contributed by atoms with E-state index in [1.165, 1.54) is 0 Å². The van der Waals surface area contributed by atoms with Crippen molar-refractivity contribution in [2.24, 2.45) is 0 Å². The molecule has 0 aromatic heterocycles. The van der Waals surface area contributed by atoms with Gasteiger partial charge in [-0.25, -0.2) is 4.79 Å². The Bertz CT molecular complexity index is 973. The second-order valence-corrected chi connectivity index (χ2v) is 7.49. The zero-order valence-corrected chi connectivity index (χ0v) is 19.6. The van der Waals surface area contributed by atoms with Crippen LogP contribution >= 0.6 is 0 Å². The SMILES string of the molecule is CCOC(=O)Nc1cccc(C(=O)N2CCN(Cc3ccc(OC)c(OC)c3OC)CC2)c1. The fourth-order valence-corrected chi connectivity index (χ4v) is 3.84. The molecule has 2 amide bonds. The molecule has 3 rings (SSSR count). The smallest absolute Gasteiger partial charge is 0.411 e. The van der Waals surface area contributed by atoms with E-state index in [2.05, 4.69) is 10.2 Å². The van der Waals surface area contributed by atoms with Gasteiger partial charge in [0.2, 0.25) is 5.75 Å². The Labute approximate surface area is 194 Å². The lowest BCUT2D eigenvalue weighted by molar-refractivity contribution is 0.0627. The van der Waals surface area contributed by atoms with Crippen LogP contribution < -0.4 is 19.5 Å². The minimum absolute atomic E-state index is 0.0640. The maximum atomic E-state index is 13.0. The fraction of sp³-hybridized carbons (Fsp3) is 0.417. The third-order valence-corrected chi connectivity index (χ3v) is 5.47. The number of nitrogens with one attached hydrogen (secondary N) is 1. The number of anilines is 1. The maximum absolute atomic E-state index is 13.0. The molecule has 0 unspecified atom stereocenters. The van der Waals surface area contributed by atoms with Gasteiger partial charge in [0.1, 0.15) is 0 Å². The van der Waals surface area contributed by atoms with Crippen LogP contribution in [0, 0.1) is 0 Å². The van der Waals surface area contributed by atoms with Gasteiger partial charge >= 0.3 is 6.09 Å². The molecular formula is C24H31N3O6. The molecule has 2 aromatic rings. The Hall–Kier alpha value is -3.46. The van der Waals surface area contributed by atoms with E-state index in [0.717, 1.165) is 18.7 Å². The standard InChI is InChI=1S/C24H31N3O6/c1-5-33-24(29)25-19-8-6-7-17(15-19)23(28)27-13-11-26(12-14-27)16-18-9-10-20(30-2)22(32-4)21(18)31-3/h6-10,15H,5,11-14,16H2,1-4H3,(H,25,29). The molecule has 0 atom stereocenters. The molecule has 178 valence electrons. The summed E-state index contributed by atoms with van der Waals surface area (Å²) in [7, 11) is 4.80. The minimum atomic E-state index is -0.540. The number of methoxy groups -OCH3 is 3. The molecule has 0 radical (unpaired) electrons. The monoisotopic (exact) mass is 457 g/mol. The van der Waals surface area contributed by atoms with Gasteiger partial charge in [-0.2, -0.15) is 0 Å². The molecular weight excluding hydrogens is 426 g/mol. The number of nitrogens with zero attached hydrogens (tertiary/aromatic N) is 2. The Balaban J connectivity index is 1.61. The van der Waals surface area contributed by atoms with Crippen LogP contribution in [0.25, 0.3) is 0 Å². The van der Waals surface area contributed by atoms with Crippen molar-refractivity contribution in [3.8, 4) is 17.2 Å². The summed E-state index contributed by atoms with van der Waals surface area (Å²) in [4.78, 5) is 28.7. The summed E-state index contributed by atoms with van der Waals surface area (Å²) in [6.07, 6.45) is -0.540. The molecule has 1 aliphatic heterocycles. The lowest BCUT2D eigenvalue weighted by atomic mass is 10.1. The molecule has 0 saturated carbocycles. The van der Waals surface area contributed by atoms with Crippen LogP contribution in [0.3, 0.4) is 0 Å². The Morgan fingerprint density at radius 2 is 1.67 bits per heavy atom. The van der Waals surface area contributed by atoms with Crippen molar-refractivity contribution >= 4 is 17.7 Å². The van der Waals surface area contributed by atoms with Crippen LogP contribution in [0.1, 0.15) is 22.8 Å². The van der Waals surface area contributed by atoms with Gasteiger partial charge in [0.25, 0.3) is 5.91 Å². The molecule has 1 heterocycles. The van der Waals surface area contributed by atoms with Gasteiger partial charge in [-0.05, 0) is 31.2 Å². The van der Waals surface area contributed by atoms with E-state index < -0.39 is 6.09 Å². The third-order valence-electron chi connectivity index (χ3n) is 5.47. The first kappa shape index (κ1) is 24.2. The number of piperazine rings is 1. The van der Waals surface area contributed by atoms with Gasteiger partial charge in [0.15, 0.2) is 11.5 Å². The van der Waals surface area contributed by atoms with Crippen molar-refractivity contribution in [3.63, 3.8) is 0 Å². The molecule has 9 nitrogen and oxygen atoms in total. The summed E-state index contributed by atoms with van der Waals surface area (Å²) in [6, 6.07) is 10.7. The van der Waals surface area contributed by atoms with E-state index >= 15 is 0 Å². The first-order valence-corrected chi connectivity index (χ1v) is 10.8. The number of hydrogen-bond donors (Lipinski definition) is 1. The summed E-state index contributed by atoms with van der Waals surface area (Å²) in [6.45, 7) is 5.34. The number of amides is 2. The van der Waals surface area contributed by atoms with E-state index in [9.17, 15) is 9.59 Å². The molecule has 0 bridgehead atoms. The second-order valence-electron chi connectivity index (χ2n) is 7.49. The summed E-state index contributed by atoms with van der Waals surface area (Å²) in [5, 5.41) is 2.63. The highest BCUT2D eigenvalue weighted by atomic mass is 16.5. The van der Waals surface area contributed by atoms with Crippen molar-refractivity contribution in [1.29, 1.82) is 0 Å². The second kappa shape index (κ2) is 11.4. The largest absolute Gasteiger partial charge is 0.493 e. The zero-order valence-electron chi connectivity index (χ0n) is 19.6. The van der Waals surface area contributed by atoms with Crippen molar-refractivity contribution in [2.75, 3.05) is 59.4 Å². The maximum Gasteiger partial charge on any atom is 0.411 e. The highest BCUT2D eigenvalue weighted by molar-refractivity contribution is 5.96. The first-order valence-electron chi connectivity index (χ1n) is 10.8. The van der Waals surface area contributed by atoms with Crippen LogP contribution in [0.4, 0.5) is 10.5 Å². The van der Waals surface area contributed by atoms with Gasteiger partial charge in [-0.3, -0.25) is 15.0 Å². The number of benzene rings is 2. The average Bonchev–Trinajstić information content (AvgIpc) is 2.84. The lowest BCUT2D eigenvalue weighted by Crippen LogP contribution is -2.48. The van der Waals surface area contributed by atoms with Crippen LogP contribution in [0.5, 0.6) is 17.2 Å². The van der Waals surface area contributed by atoms with E-state index in [4.69, 9.17) is 18.9 Å². The van der Waals surface area contributed by atoms with Crippen molar-refractivity contribution < 1.29 is 28.5 Å². The van der Waals surface area contributed by atoms with E-state index in [0.29, 0.717) is 48.1 Å². The lowest BCUT2D eigenvalue weighted by Gasteiger charge is -2.35. The number of rotatable bonds is 8. The highest BCUT2D eigenvalue weighted by Crippen LogP contribution is 2.40. The quantitative estimate of drug-likeness (QED) is 0.651. The van der Waals surface area contributed by atoms with E-state index in [1.54, 1.807) is 52.5 Å². The molecule has 1 saturated heterocycles. The molecule has 9 heteroatoms. The number of hydrogen-bond acceptors (Lipinski definition) is 7. The van der Waals surface area contributed by atoms with Crippen LogP contribution in [-0.4, -0.2) is 75.9 Å². The third kappa shape index (κ3) is 5.87. The van der Waals surface area contributed by atoms with E-state index in [-0.39, 0.29) is 12.5 Å². The van der Waals surface area contributed by atoms with Gasteiger partial charge in [0, 0.05) is 49.5 Å². The Kier molecular flexibility index (Phi) is 8.37. The summed E-state index contributed by atoms with van der Waals surface area (Å²) >= 11 is 0. The molecule has 1 fully saturated rings. The number of ether oxygens (including phenoxy) is 4. The van der Waals surface area contributed by atoms with Gasteiger partial charge in [-0.15, -0.1) is 0 Å². The van der Waals surface area contributed by atoms with Crippen molar-refractivity contribution in [1.82, 2.24) is 9.80 Å².